The molecule has 2 fully saturated rings. The average molecular weight is 1350 g/mol. The number of halogens is 12. The van der Waals surface area contributed by atoms with Crippen LogP contribution in [0.15, 0.2) is 158 Å². The van der Waals surface area contributed by atoms with E-state index in [1.807, 2.05) is 19.6 Å². The fourth-order valence-electron chi connectivity index (χ4n) is 10.4. The molecule has 2 aliphatic heterocycles. The Kier molecular flexibility index (Phi) is 24.0. The van der Waals surface area contributed by atoms with Gasteiger partial charge < -0.3 is 29.2 Å². The molecule has 0 unspecified atom stereocenters. The predicted molar refractivity (Wildman–Crippen MR) is 329 cm³/mol. The molecule has 6 aromatic rings. The van der Waals surface area contributed by atoms with Crippen molar-refractivity contribution >= 4 is 26.5 Å². The minimum Gasteiger partial charge on any atom is -0.445 e. The van der Waals surface area contributed by atoms with Crippen LogP contribution in [0, 0.1) is 19.7 Å². The third-order valence-electron chi connectivity index (χ3n) is 15.7. The number of primary amides is 1. The van der Waals surface area contributed by atoms with E-state index in [2.05, 4.69) is 19.5 Å². The second kappa shape index (κ2) is 30.5. The first-order chi connectivity index (χ1) is 44.3. The summed E-state index contributed by atoms with van der Waals surface area (Å²) < 4.78 is 189. The van der Waals surface area contributed by atoms with Crippen LogP contribution in [0.1, 0.15) is 107 Å². The first kappa shape index (κ1) is 74.9. The van der Waals surface area contributed by atoms with Crippen LogP contribution in [0.2, 0.25) is 19.6 Å². The molecule has 2 saturated heterocycles. The molecular weight excluding hydrogens is 1280 g/mol. The molecule has 0 saturated carbocycles. The molecule has 2 aliphatic rings. The number of nitrogens with two attached hydrogens (primary N) is 2. The summed E-state index contributed by atoms with van der Waals surface area (Å²) in [6, 6.07) is 36.1. The van der Waals surface area contributed by atoms with E-state index in [0.29, 0.717) is 46.5 Å². The quantitative estimate of drug-likeness (QED) is 0.0518. The van der Waals surface area contributed by atoms with Crippen molar-refractivity contribution in [3.63, 3.8) is 0 Å². The van der Waals surface area contributed by atoms with Crippen LogP contribution in [0.4, 0.5) is 67.1 Å². The van der Waals surface area contributed by atoms with E-state index in [4.69, 9.17) is 50.1 Å². The van der Waals surface area contributed by atoms with E-state index in [1.54, 1.807) is 121 Å². The lowest BCUT2D eigenvalue weighted by atomic mass is 9.77. The van der Waals surface area contributed by atoms with Gasteiger partial charge in [0.25, 0.3) is 0 Å². The fourth-order valence-corrected chi connectivity index (χ4v) is 10.4. The molecule has 15 nitrogen and oxygen atoms in total. The zero-order valence-corrected chi connectivity index (χ0v) is 53.0. The summed E-state index contributed by atoms with van der Waals surface area (Å²) in [5.41, 5.74) is 1.64. The second-order valence-corrected chi connectivity index (χ2v) is 28.3. The number of carbonyl (C=O) groups is 3. The van der Waals surface area contributed by atoms with Crippen LogP contribution in [0.3, 0.4) is 0 Å². The van der Waals surface area contributed by atoms with Crippen molar-refractivity contribution < 1.29 is 86.0 Å². The number of benzene rings is 6. The minimum absolute atomic E-state index is 0.0246. The number of carbonyl (C=O) groups excluding carboxylic acids is 3. The molecular formula is C67H68F12N8O7Si. The van der Waals surface area contributed by atoms with E-state index in [9.17, 15) is 67.1 Å². The van der Waals surface area contributed by atoms with Crippen LogP contribution in [0.25, 0.3) is 14.2 Å². The first-order valence-electron chi connectivity index (χ1n) is 29.2. The number of hydrogen-bond donors (Lipinski definition) is 3. The van der Waals surface area contributed by atoms with Crippen molar-refractivity contribution in [2.24, 2.45) is 11.5 Å². The topological polar surface area (TPSA) is 172 Å². The highest BCUT2D eigenvalue weighted by molar-refractivity contribution is 6.79. The summed E-state index contributed by atoms with van der Waals surface area (Å²) in [7, 11) is -1.34. The maximum atomic E-state index is 13.8. The number of nitrogens with one attached hydrogen (secondary N) is 1. The van der Waals surface area contributed by atoms with Crippen LogP contribution in [-0.4, -0.2) is 73.9 Å². The summed E-state index contributed by atoms with van der Waals surface area (Å²) in [6.45, 7) is 29.1. The number of likely N-dealkylation sites (tertiary alicyclic amines) is 2. The lowest BCUT2D eigenvalue weighted by Gasteiger charge is -2.49. The van der Waals surface area contributed by atoms with Crippen molar-refractivity contribution in [3.05, 3.63) is 247 Å². The van der Waals surface area contributed by atoms with E-state index in [1.165, 1.54) is 23.6 Å². The third-order valence-corrected chi connectivity index (χ3v) is 16.4. The van der Waals surface area contributed by atoms with E-state index < -0.39 is 121 Å². The second-order valence-electron chi connectivity index (χ2n) is 23.8. The van der Waals surface area contributed by atoms with Crippen LogP contribution in [-0.2, 0) is 67.9 Å². The molecule has 8 rings (SSSR count). The van der Waals surface area contributed by atoms with Gasteiger partial charge in [-0.1, -0.05) is 121 Å². The standard InChI is InChI=1S/C32H30F6N4O4.C31H29F6N3O3.C4H9NSi/c1-21(23-15-25(31(33,34)35)17-26(16-23)32(36,37)38)46-20-29(24-11-7-4-8-12-24)13-14-30(40-2,41-27(39)43)19-42(29)28(44)45-18-22-9-5-3-6-10-22;1-21(23-15-25(30(32,33)34)17-26(16-23)31(35,36)37)43-20-28(24-11-7-4-8-12-24)13-14-29(38,39-2)19-40(28)27(41)42-18-22-9-5-3-6-10-22;1-5-6(2,3)4/h3-12,15-17,21H,13-14,18-20H2,1H3,(H3,39,41,43);3-12,15-17,21H,13-14,18-20,38H2,1H3;2-4H3/t21-,29-,30-;21-,28-,29-;/m11./s1. The largest absolute Gasteiger partial charge is 0.445 e. The highest BCUT2D eigenvalue weighted by Gasteiger charge is 2.57. The van der Waals surface area contributed by atoms with E-state index >= 15 is 0 Å². The van der Waals surface area contributed by atoms with Gasteiger partial charge in [-0.2, -0.15) is 52.7 Å². The number of urea groups is 1. The Labute approximate surface area is 542 Å². The normalized spacial score (nSPS) is 20.5. The molecule has 0 radical (unpaired) electrons. The van der Waals surface area contributed by atoms with Crippen LogP contribution in [0.5, 0.6) is 0 Å². The fraction of sp³-hybridized carbons (Fsp3) is 0.373. The van der Waals surface area contributed by atoms with Gasteiger partial charge in [0.15, 0.2) is 0 Å². The maximum Gasteiger partial charge on any atom is 0.433 e. The van der Waals surface area contributed by atoms with E-state index in [0.717, 1.165) is 0 Å². The van der Waals surface area contributed by atoms with Gasteiger partial charge in [0.05, 0.1) is 65.2 Å². The molecule has 0 bridgehead atoms. The smallest absolute Gasteiger partial charge is 0.433 e. The SMILES string of the molecule is [C-]#[N+][C@@]1(NC(N)=O)CC[C@@](CO[C@H](C)c2cc(C(F)(F)F)cc(C(F)(F)F)c2)(c2ccccc2)N(C(=O)OCc2ccccc2)C1.[C-]#[N+][C@]1(N)CC[C@@](CO[C@H](C)c2cc(C(F)(F)F)cc(C(F)(F)F)c2)(c2ccccc2)N(C(=O)OCc2ccccc2)C1.[C-]#[N+][Si](C)(C)C. The Balaban J connectivity index is 0.000000277. The molecule has 2 heterocycles. The molecule has 0 aliphatic carbocycles. The first-order valence-corrected chi connectivity index (χ1v) is 32.7. The monoisotopic (exact) mass is 1350 g/mol. The Morgan fingerprint density at radius 1 is 0.526 bits per heavy atom. The Morgan fingerprint density at radius 3 is 1.16 bits per heavy atom. The molecule has 506 valence electrons. The van der Waals surface area contributed by atoms with E-state index in [-0.39, 0.29) is 75.3 Å². The molecule has 6 aromatic carbocycles. The zero-order valence-electron chi connectivity index (χ0n) is 52.0. The van der Waals surface area contributed by atoms with Crippen molar-refractivity contribution in [3.8, 4) is 0 Å². The Hall–Kier alpha value is -9.14. The van der Waals surface area contributed by atoms with Gasteiger partial charge in [-0.15, -0.1) is 0 Å². The lowest BCUT2D eigenvalue weighted by Crippen LogP contribution is -2.66. The number of alkyl halides is 12. The zero-order chi connectivity index (χ0) is 70.4. The van der Waals surface area contributed by atoms with Gasteiger partial charge in [0, 0.05) is 26.1 Å². The van der Waals surface area contributed by atoms with Crippen molar-refractivity contribution in [2.75, 3.05) is 26.3 Å². The molecule has 28 heteroatoms. The summed E-state index contributed by atoms with van der Waals surface area (Å²) in [5.74, 6) is 0. The molecule has 0 spiro atoms. The molecule has 0 aromatic heterocycles. The van der Waals surface area contributed by atoms with Gasteiger partial charge in [0.1, 0.15) is 26.3 Å². The average Bonchev–Trinajstić information content (AvgIpc) is 0.753. The highest BCUT2D eigenvalue weighted by atomic mass is 28.3. The van der Waals surface area contributed by atoms with Crippen LogP contribution >= 0.6 is 0 Å². The van der Waals surface area contributed by atoms with Gasteiger partial charge in [-0.3, -0.25) is 37.1 Å². The van der Waals surface area contributed by atoms with Crippen molar-refractivity contribution in [1.29, 1.82) is 0 Å². The van der Waals surface area contributed by atoms with Gasteiger partial charge in [-0.05, 0) is 96.5 Å². The highest BCUT2D eigenvalue weighted by Crippen LogP contribution is 2.47. The van der Waals surface area contributed by atoms with Gasteiger partial charge >= 0.3 is 62.5 Å². The van der Waals surface area contributed by atoms with Crippen molar-refractivity contribution in [1.82, 2.24) is 15.1 Å². The molecule has 5 N–H and O–H groups in total. The van der Waals surface area contributed by atoms with Gasteiger partial charge in [-0.25, -0.2) is 27.5 Å². The molecule has 4 amide bonds. The van der Waals surface area contributed by atoms with Crippen molar-refractivity contribution in [2.45, 2.75) is 132 Å². The lowest BCUT2D eigenvalue weighted by molar-refractivity contribution is -0.145. The Morgan fingerprint density at radius 2 is 0.853 bits per heavy atom. The maximum absolute atomic E-state index is 13.8. The molecule has 95 heavy (non-hydrogen) atoms. The summed E-state index contributed by atoms with van der Waals surface area (Å²) in [6.07, 6.45) is -24.2. The predicted octanol–water partition coefficient (Wildman–Crippen LogP) is 16.9. The Bertz CT molecular complexity index is 3650. The summed E-state index contributed by atoms with van der Waals surface area (Å²) in [5, 5.41) is 2.41. The number of piperidine rings is 2. The van der Waals surface area contributed by atoms with Crippen LogP contribution < -0.4 is 16.8 Å². The minimum atomic E-state index is -5.06. The van der Waals surface area contributed by atoms with Gasteiger partial charge in [0.2, 0.25) is 0 Å². The summed E-state index contributed by atoms with van der Waals surface area (Å²) >= 11 is 0. The third kappa shape index (κ3) is 20.0. The number of rotatable bonds is 15. The number of ether oxygens (including phenoxy) is 4. The number of amides is 4. The number of hydrogen-bond acceptors (Lipinski definition) is 8. The molecule has 6 atom stereocenters. The number of nitrogens with zero attached hydrogens (tertiary/aromatic N) is 5. The summed E-state index contributed by atoms with van der Waals surface area (Å²) in [4.78, 5) is 48.9.